The maximum atomic E-state index is 14.0. The summed E-state index contributed by atoms with van der Waals surface area (Å²) in [5.74, 6) is -2.21. The highest BCUT2D eigenvalue weighted by Gasteiger charge is 2.41. The molecule has 1 amide bonds. The lowest BCUT2D eigenvalue weighted by Crippen LogP contribution is -2.30. The lowest BCUT2D eigenvalue weighted by atomic mass is 9.98. The summed E-state index contributed by atoms with van der Waals surface area (Å²) in [5, 5.41) is 9.64. The van der Waals surface area contributed by atoms with E-state index in [9.17, 15) is 43.9 Å². The molecule has 41 heavy (non-hydrogen) atoms. The number of aromatic nitrogens is 2. The van der Waals surface area contributed by atoms with E-state index in [0.717, 1.165) is 56.2 Å². The van der Waals surface area contributed by atoms with Crippen LogP contribution >= 0.6 is 0 Å². The standard InChI is InChI=1S/C24H18F7N5O4S/c1-36(16-5-3-15(25)4-6-16)22(37)40-21-17(7-14(23(26,27)28)8-18(21)24(29,30)31)13(9-32)10-33-19-11-35-20(12-34-19)41(2,38)39/h3-12,32H,1-2H3,(H,33,34)/b13-10+,32-9?. The van der Waals surface area contributed by atoms with Gasteiger partial charge in [-0.15, -0.1) is 0 Å². The van der Waals surface area contributed by atoms with Crippen molar-refractivity contribution in [2.75, 3.05) is 23.5 Å². The zero-order valence-electron chi connectivity index (χ0n) is 20.8. The summed E-state index contributed by atoms with van der Waals surface area (Å²) in [7, 11) is -2.65. The van der Waals surface area contributed by atoms with Crippen molar-refractivity contribution in [2.24, 2.45) is 0 Å². The number of nitrogens with one attached hydrogen (secondary N) is 2. The molecule has 0 saturated heterocycles. The molecule has 3 rings (SSSR count). The van der Waals surface area contributed by atoms with E-state index in [0.29, 0.717) is 11.1 Å². The second-order valence-corrected chi connectivity index (χ2v) is 10.2. The number of allylic oxidation sites excluding steroid dienone is 1. The molecule has 0 unspecified atom stereocenters. The summed E-state index contributed by atoms with van der Waals surface area (Å²) < 4.78 is 124. The van der Waals surface area contributed by atoms with Crippen LogP contribution in [0.4, 0.5) is 47.0 Å². The smallest absolute Gasteiger partial charge is 0.409 e. The molecular formula is C24H18F7N5O4S. The highest BCUT2D eigenvalue weighted by Crippen LogP contribution is 2.44. The minimum absolute atomic E-state index is 0.0148. The third-order valence-electron chi connectivity index (χ3n) is 5.25. The van der Waals surface area contributed by atoms with Crippen molar-refractivity contribution in [1.82, 2.24) is 9.97 Å². The van der Waals surface area contributed by atoms with Gasteiger partial charge in [-0.2, -0.15) is 26.3 Å². The first-order valence-electron chi connectivity index (χ1n) is 10.9. The minimum atomic E-state index is -5.45. The van der Waals surface area contributed by atoms with Gasteiger partial charge in [0, 0.05) is 42.5 Å². The molecule has 0 fully saturated rings. The van der Waals surface area contributed by atoms with Crippen molar-refractivity contribution in [2.45, 2.75) is 17.4 Å². The number of anilines is 2. The number of halogens is 7. The van der Waals surface area contributed by atoms with E-state index in [-0.39, 0.29) is 23.6 Å². The molecule has 0 aliphatic carbocycles. The number of ether oxygens (including phenoxy) is 1. The molecule has 9 nitrogen and oxygen atoms in total. The first-order chi connectivity index (χ1) is 18.9. The van der Waals surface area contributed by atoms with E-state index in [4.69, 9.17) is 10.1 Å². The van der Waals surface area contributed by atoms with E-state index in [2.05, 4.69) is 15.3 Å². The maximum Gasteiger partial charge on any atom is 0.420 e. The van der Waals surface area contributed by atoms with E-state index < -0.39 is 67.1 Å². The normalized spacial score (nSPS) is 12.6. The summed E-state index contributed by atoms with van der Waals surface area (Å²) in [6.07, 6.45) is -8.39. The molecular weight excluding hydrogens is 587 g/mol. The van der Waals surface area contributed by atoms with Gasteiger partial charge in [-0.25, -0.2) is 27.6 Å². The van der Waals surface area contributed by atoms with Crippen LogP contribution in [0.3, 0.4) is 0 Å². The fourth-order valence-electron chi connectivity index (χ4n) is 3.18. The van der Waals surface area contributed by atoms with Gasteiger partial charge in [-0.05, 0) is 36.4 Å². The SMILES string of the molecule is CN(C(=O)Oc1c(/C(C=N)=C/Nc2cnc(S(C)(=O)=O)cn2)cc(C(F)(F)F)cc1C(F)(F)F)c1ccc(F)cc1. The van der Waals surface area contributed by atoms with Crippen LogP contribution in [0.5, 0.6) is 5.75 Å². The average Bonchev–Trinajstić information content (AvgIpc) is 2.88. The predicted octanol–water partition coefficient (Wildman–Crippen LogP) is 5.79. The quantitative estimate of drug-likeness (QED) is 0.258. The summed E-state index contributed by atoms with van der Waals surface area (Å²) in [5.41, 5.74) is -5.30. The minimum Gasteiger partial charge on any atom is -0.409 e. The summed E-state index contributed by atoms with van der Waals surface area (Å²) >= 11 is 0. The number of benzene rings is 2. The average molecular weight is 605 g/mol. The van der Waals surface area contributed by atoms with Gasteiger partial charge in [0.15, 0.2) is 20.6 Å². The van der Waals surface area contributed by atoms with Crippen LogP contribution in [0.25, 0.3) is 5.57 Å². The number of carbonyl (C=O) groups is 1. The molecule has 0 saturated carbocycles. The number of nitrogens with zero attached hydrogens (tertiary/aromatic N) is 3. The molecule has 0 radical (unpaired) electrons. The van der Waals surface area contributed by atoms with Gasteiger partial charge in [-0.3, -0.25) is 4.90 Å². The molecule has 218 valence electrons. The fourth-order valence-corrected chi connectivity index (χ4v) is 3.67. The van der Waals surface area contributed by atoms with Crippen LogP contribution in [-0.2, 0) is 22.2 Å². The largest absolute Gasteiger partial charge is 0.420 e. The molecule has 0 atom stereocenters. The van der Waals surface area contributed by atoms with Gasteiger partial charge in [0.25, 0.3) is 0 Å². The first kappa shape index (κ1) is 31.0. The second kappa shape index (κ2) is 11.5. The van der Waals surface area contributed by atoms with Gasteiger partial charge in [0.05, 0.1) is 23.5 Å². The van der Waals surface area contributed by atoms with Crippen LogP contribution in [0.1, 0.15) is 16.7 Å². The van der Waals surface area contributed by atoms with E-state index >= 15 is 0 Å². The summed E-state index contributed by atoms with van der Waals surface area (Å²) in [6, 6.07) is 4.14. The van der Waals surface area contributed by atoms with Crippen molar-refractivity contribution >= 4 is 39.2 Å². The molecule has 1 aromatic heterocycles. The third-order valence-corrected chi connectivity index (χ3v) is 6.22. The molecule has 0 bridgehead atoms. The van der Waals surface area contributed by atoms with Crippen molar-refractivity contribution in [1.29, 1.82) is 5.41 Å². The van der Waals surface area contributed by atoms with E-state index in [1.165, 1.54) is 0 Å². The van der Waals surface area contributed by atoms with Crippen LogP contribution in [0.2, 0.25) is 0 Å². The number of hydrogen-bond donors (Lipinski definition) is 2. The number of sulfone groups is 1. The van der Waals surface area contributed by atoms with Gasteiger partial charge < -0.3 is 15.5 Å². The number of carbonyl (C=O) groups excluding carboxylic acids is 1. The highest BCUT2D eigenvalue weighted by atomic mass is 32.2. The first-order valence-corrected chi connectivity index (χ1v) is 12.8. The molecule has 2 N–H and O–H groups in total. The van der Waals surface area contributed by atoms with Crippen LogP contribution < -0.4 is 15.0 Å². The lowest BCUT2D eigenvalue weighted by Gasteiger charge is -2.22. The van der Waals surface area contributed by atoms with Crippen molar-refractivity contribution in [3.63, 3.8) is 0 Å². The lowest BCUT2D eigenvalue weighted by molar-refractivity contribution is -0.143. The van der Waals surface area contributed by atoms with Crippen LogP contribution in [-0.4, -0.2) is 44.0 Å². The molecule has 0 aliphatic rings. The molecule has 0 spiro atoms. The second-order valence-electron chi connectivity index (χ2n) is 8.20. The van der Waals surface area contributed by atoms with Gasteiger partial charge in [0.2, 0.25) is 0 Å². The third kappa shape index (κ3) is 7.56. The van der Waals surface area contributed by atoms with Crippen LogP contribution in [0.15, 0.2) is 60.0 Å². The molecule has 17 heteroatoms. The fraction of sp³-hybridized carbons (Fsp3) is 0.167. The van der Waals surface area contributed by atoms with Crippen molar-refractivity contribution in [3.05, 3.63) is 77.5 Å². The Hall–Kier alpha value is -4.54. The number of rotatable bonds is 7. The van der Waals surface area contributed by atoms with Crippen molar-refractivity contribution in [3.8, 4) is 5.75 Å². The Balaban J connectivity index is 2.14. The van der Waals surface area contributed by atoms with E-state index in [1.54, 1.807) is 0 Å². The number of amides is 1. The van der Waals surface area contributed by atoms with Gasteiger partial charge in [0.1, 0.15) is 11.6 Å². The summed E-state index contributed by atoms with van der Waals surface area (Å²) in [4.78, 5) is 20.8. The number of alkyl halides is 6. The zero-order chi connectivity index (χ0) is 30.8. The zero-order valence-corrected chi connectivity index (χ0v) is 21.6. The van der Waals surface area contributed by atoms with Gasteiger partial charge >= 0.3 is 18.4 Å². The Morgan fingerprint density at radius 3 is 2.15 bits per heavy atom. The maximum absolute atomic E-state index is 14.0. The topological polar surface area (TPSA) is 125 Å². The van der Waals surface area contributed by atoms with E-state index in [1.807, 2.05) is 0 Å². The Morgan fingerprint density at radius 2 is 1.66 bits per heavy atom. The van der Waals surface area contributed by atoms with Crippen LogP contribution in [0, 0.1) is 11.2 Å². The van der Waals surface area contributed by atoms with Crippen molar-refractivity contribution < 1.29 is 48.7 Å². The Morgan fingerprint density at radius 1 is 1.02 bits per heavy atom. The highest BCUT2D eigenvalue weighted by molar-refractivity contribution is 7.90. The Kier molecular flexibility index (Phi) is 8.71. The monoisotopic (exact) mass is 605 g/mol. The molecule has 3 aromatic rings. The predicted molar refractivity (Wildman–Crippen MR) is 133 cm³/mol. The Labute approximate surface area is 227 Å². The van der Waals surface area contributed by atoms with Gasteiger partial charge in [-0.1, -0.05) is 0 Å². The summed E-state index contributed by atoms with van der Waals surface area (Å²) in [6.45, 7) is 0. The molecule has 0 aliphatic heterocycles. The molecule has 1 heterocycles. The number of hydrogen-bond acceptors (Lipinski definition) is 8. The molecule has 2 aromatic carbocycles. The Bertz CT molecular complexity index is 1590.